The number of nitrogens with one attached hydrogen (secondary N) is 1. The lowest BCUT2D eigenvalue weighted by Gasteiger charge is -2.31. The summed E-state index contributed by atoms with van der Waals surface area (Å²) in [5.74, 6) is -0.242. The Balaban J connectivity index is 1.13. The summed E-state index contributed by atoms with van der Waals surface area (Å²) < 4.78 is 45.8. The number of halogens is 1. The number of rotatable bonds is 11. The van der Waals surface area contributed by atoms with Crippen LogP contribution in [-0.2, 0) is 20.8 Å². The van der Waals surface area contributed by atoms with Crippen molar-refractivity contribution < 1.29 is 32.9 Å². The summed E-state index contributed by atoms with van der Waals surface area (Å²) in [5, 5.41) is 12.8. The molecule has 0 spiro atoms. The van der Waals surface area contributed by atoms with Gasteiger partial charge >= 0.3 is 0 Å². The normalized spacial score (nSPS) is 16.4. The van der Waals surface area contributed by atoms with Crippen molar-refractivity contribution in [3.63, 3.8) is 0 Å². The Labute approximate surface area is 323 Å². The van der Waals surface area contributed by atoms with Gasteiger partial charge in [0, 0.05) is 66.3 Å². The summed E-state index contributed by atoms with van der Waals surface area (Å²) in [5.41, 5.74) is 8.91. The highest BCUT2D eigenvalue weighted by Gasteiger charge is 2.33. The molecule has 12 nitrogen and oxygen atoms in total. The standard InChI is InChI=1S/C43H42FN5O7/c1-27-3-5-28(6-4-27)35-21-49(26-43(25-45)11-13-53-14-12-43)22-36(40(35)50)42(51)48-31-8-9-33(37(44)19-31)34-17-30(20-47-41(34)46)29-7-10-38(39(18-29)52-2)56-24-32-23-54-15-16-55-32/h3-10,17-22,32H,11-16,23-24,26H2,1-2H3,(H2,46,47)(H,48,51)/t32-/m1/s1. The number of methoxy groups -OCH3 is 1. The minimum absolute atomic E-state index is 0.110. The van der Waals surface area contributed by atoms with Crippen molar-refractivity contribution in [3.05, 3.63) is 112 Å². The molecule has 13 heteroatoms. The smallest absolute Gasteiger partial charge is 0.261 e. The Morgan fingerprint density at radius 2 is 1.75 bits per heavy atom. The lowest BCUT2D eigenvalue weighted by Crippen LogP contribution is -2.33. The molecule has 1 atom stereocenters. The van der Waals surface area contributed by atoms with Gasteiger partial charge < -0.3 is 39.3 Å². The number of amides is 1. The maximum atomic E-state index is 15.9. The maximum absolute atomic E-state index is 15.9. The zero-order chi connectivity index (χ0) is 39.2. The molecule has 3 aromatic carbocycles. The summed E-state index contributed by atoms with van der Waals surface area (Å²) in [6, 6.07) is 21.2. The largest absolute Gasteiger partial charge is 0.493 e. The Kier molecular flexibility index (Phi) is 11.4. The van der Waals surface area contributed by atoms with Gasteiger partial charge in [-0.3, -0.25) is 9.59 Å². The fraction of sp³-hybridized carbons (Fsp3) is 0.302. The molecular weight excluding hydrogens is 717 g/mol. The first-order chi connectivity index (χ1) is 27.1. The van der Waals surface area contributed by atoms with Crippen LogP contribution in [-0.4, -0.2) is 68.3 Å². The summed E-state index contributed by atoms with van der Waals surface area (Å²) in [6.45, 7) is 4.94. The maximum Gasteiger partial charge on any atom is 0.261 e. The van der Waals surface area contributed by atoms with Crippen LogP contribution in [0.4, 0.5) is 15.9 Å². The van der Waals surface area contributed by atoms with Crippen molar-refractivity contribution in [1.82, 2.24) is 9.55 Å². The SMILES string of the molecule is COc1cc(-c2cnc(N)c(-c3ccc(NC(=O)c4cn(CC5(C#N)CCOCC5)cc(-c5ccc(C)cc5)c4=O)cc3F)c2)ccc1OC[C@H]1COCCO1. The topological polar surface area (TPSA) is 160 Å². The quantitative estimate of drug-likeness (QED) is 0.149. The first-order valence-corrected chi connectivity index (χ1v) is 18.3. The molecule has 0 aliphatic carbocycles. The van der Waals surface area contributed by atoms with Crippen LogP contribution in [0.3, 0.4) is 0 Å². The molecule has 5 aromatic rings. The van der Waals surface area contributed by atoms with E-state index in [0.29, 0.717) is 86.2 Å². The number of aromatic nitrogens is 2. The van der Waals surface area contributed by atoms with E-state index < -0.39 is 22.6 Å². The van der Waals surface area contributed by atoms with Crippen LogP contribution in [0.1, 0.15) is 28.8 Å². The molecule has 2 saturated heterocycles. The highest BCUT2D eigenvalue weighted by atomic mass is 19.1. The van der Waals surface area contributed by atoms with Crippen molar-refractivity contribution >= 4 is 17.4 Å². The van der Waals surface area contributed by atoms with E-state index >= 15 is 4.39 Å². The van der Waals surface area contributed by atoms with E-state index in [1.807, 2.05) is 37.3 Å². The third kappa shape index (κ3) is 8.43. The van der Waals surface area contributed by atoms with E-state index in [4.69, 9.17) is 29.4 Å². The molecule has 7 rings (SSSR count). The van der Waals surface area contributed by atoms with E-state index in [1.54, 1.807) is 42.3 Å². The van der Waals surface area contributed by atoms with Crippen LogP contribution in [0.15, 0.2) is 90.1 Å². The van der Waals surface area contributed by atoms with Crippen LogP contribution < -0.4 is 26.0 Å². The molecule has 56 heavy (non-hydrogen) atoms. The summed E-state index contributed by atoms with van der Waals surface area (Å²) in [4.78, 5) is 32.0. The number of aryl methyl sites for hydroxylation is 1. The Morgan fingerprint density at radius 1 is 0.964 bits per heavy atom. The second-order valence-electron chi connectivity index (χ2n) is 14.0. The number of carbonyl (C=O) groups is 1. The number of anilines is 2. The molecule has 1 amide bonds. The van der Waals surface area contributed by atoms with Gasteiger partial charge in [0.15, 0.2) is 11.5 Å². The van der Waals surface area contributed by atoms with Gasteiger partial charge in [-0.15, -0.1) is 0 Å². The molecule has 2 aliphatic rings. The Hall–Kier alpha value is -6.07. The van der Waals surface area contributed by atoms with Gasteiger partial charge in [0.1, 0.15) is 29.9 Å². The van der Waals surface area contributed by atoms with Crippen LogP contribution in [0.25, 0.3) is 33.4 Å². The number of ether oxygens (including phenoxy) is 5. The summed E-state index contributed by atoms with van der Waals surface area (Å²) >= 11 is 0. The van der Waals surface area contributed by atoms with E-state index in [2.05, 4.69) is 16.4 Å². The lowest BCUT2D eigenvalue weighted by molar-refractivity contribution is -0.101. The fourth-order valence-electron chi connectivity index (χ4n) is 6.88. The second kappa shape index (κ2) is 16.7. The number of hydrogen-bond donors (Lipinski definition) is 2. The number of hydrogen-bond acceptors (Lipinski definition) is 10. The predicted octanol–water partition coefficient (Wildman–Crippen LogP) is 6.65. The third-order valence-electron chi connectivity index (χ3n) is 10.1. The molecule has 3 N–H and O–H groups in total. The molecule has 2 aromatic heterocycles. The number of nitrogen functional groups attached to an aromatic ring is 1. The van der Waals surface area contributed by atoms with Crippen molar-refractivity contribution in [2.24, 2.45) is 5.41 Å². The summed E-state index contributed by atoms with van der Waals surface area (Å²) in [6.07, 6.45) is 5.60. The van der Waals surface area contributed by atoms with Crippen LogP contribution in [0.2, 0.25) is 0 Å². The molecule has 2 aliphatic heterocycles. The molecule has 2 fully saturated rings. The average molecular weight is 760 g/mol. The Morgan fingerprint density at radius 3 is 2.46 bits per heavy atom. The number of pyridine rings is 2. The second-order valence-corrected chi connectivity index (χ2v) is 14.0. The van der Waals surface area contributed by atoms with Crippen LogP contribution in [0.5, 0.6) is 11.5 Å². The first-order valence-electron chi connectivity index (χ1n) is 18.3. The van der Waals surface area contributed by atoms with Crippen LogP contribution >= 0.6 is 0 Å². The molecule has 0 bridgehead atoms. The van der Waals surface area contributed by atoms with Crippen molar-refractivity contribution in [2.75, 3.05) is 57.8 Å². The number of nitrogens with two attached hydrogens (primary N) is 1. The number of carbonyl (C=O) groups excluding carboxylic acids is 1. The van der Waals surface area contributed by atoms with Crippen molar-refractivity contribution in [3.8, 4) is 50.9 Å². The minimum atomic E-state index is -0.720. The first kappa shape index (κ1) is 38.2. The van der Waals surface area contributed by atoms with Gasteiger partial charge in [0.2, 0.25) is 5.43 Å². The zero-order valence-electron chi connectivity index (χ0n) is 31.2. The molecule has 0 radical (unpaired) electrons. The van der Waals surface area contributed by atoms with Crippen LogP contribution in [0, 0.1) is 29.5 Å². The van der Waals surface area contributed by atoms with Gasteiger partial charge in [-0.25, -0.2) is 9.37 Å². The van der Waals surface area contributed by atoms with E-state index in [1.165, 1.54) is 24.4 Å². The molecule has 0 unspecified atom stereocenters. The zero-order valence-corrected chi connectivity index (χ0v) is 31.2. The fourth-order valence-corrected chi connectivity index (χ4v) is 6.88. The van der Waals surface area contributed by atoms with Crippen molar-refractivity contribution in [2.45, 2.75) is 32.4 Å². The average Bonchev–Trinajstić information content (AvgIpc) is 3.22. The van der Waals surface area contributed by atoms with Gasteiger partial charge in [-0.1, -0.05) is 35.9 Å². The van der Waals surface area contributed by atoms with E-state index in [-0.39, 0.29) is 35.3 Å². The lowest BCUT2D eigenvalue weighted by atomic mass is 9.81. The number of benzene rings is 3. The highest BCUT2D eigenvalue weighted by Crippen LogP contribution is 2.37. The summed E-state index contributed by atoms with van der Waals surface area (Å²) in [7, 11) is 1.54. The van der Waals surface area contributed by atoms with Gasteiger partial charge in [-0.05, 0) is 67.3 Å². The van der Waals surface area contributed by atoms with Gasteiger partial charge in [0.05, 0.1) is 38.4 Å². The highest BCUT2D eigenvalue weighted by molar-refractivity contribution is 6.04. The third-order valence-corrected chi connectivity index (χ3v) is 10.1. The molecule has 288 valence electrons. The molecular formula is C43H42FN5O7. The monoisotopic (exact) mass is 759 g/mol. The Bertz CT molecular complexity index is 2330. The molecule has 4 heterocycles. The van der Waals surface area contributed by atoms with E-state index in [9.17, 15) is 14.9 Å². The van der Waals surface area contributed by atoms with E-state index in [0.717, 1.165) is 11.1 Å². The van der Waals surface area contributed by atoms with Crippen molar-refractivity contribution in [1.29, 1.82) is 5.26 Å². The van der Waals surface area contributed by atoms with Gasteiger partial charge in [0.25, 0.3) is 5.91 Å². The molecule has 0 saturated carbocycles. The number of nitrogens with zero attached hydrogens (tertiary/aromatic N) is 3. The van der Waals surface area contributed by atoms with Gasteiger partial charge in [-0.2, -0.15) is 5.26 Å². The predicted molar refractivity (Wildman–Crippen MR) is 209 cm³/mol. The minimum Gasteiger partial charge on any atom is -0.493 e. The number of nitriles is 1.